The van der Waals surface area contributed by atoms with Crippen molar-refractivity contribution in [1.29, 1.82) is 0 Å². The summed E-state index contributed by atoms with van der Waals surface area (Å²) in [6.07, 6.45) is 0.905. The number of amides is 1. The van der Waals surface area contributed by atoms with Gasteiger partial charge in [-0.15, -0.1) is 0 Å². The van der Waals surface area contributed by atoms with Crippen LogP contribution >= 0.6 is 0 Å². The molecule has 172 valence electrons. The summed E-state index contributed by atoms with van der Waals surface area (Å²) in [5.74, 6) is -0.500. The number of carbonyl (C=O) groups excluding carboxylic acids is 1. The topological polar surface area (TPSA) is 110 Å². The van der Waals surface area contributed by atoms with Crippen LogP contribution < -0.4 is 9.62 Å². The Balaban J connectivity index is 1.87. The fraction of sp³-hybridized carbons (Fsp3) is 0.208. The molecule has 0 heterocycles. The highest BCUT2D eigenvalue weighted by Gasteiger charge is 2.28. The lowest BCUT2D eigenvalue weighted by atomic mass is 10.1. The minimum absolute atomic E-state index is 0.0133. The van der Waals surface area contributed by atoms with E-state index in [-0.39, 0.29) is 22.3 Å². The van der Waals surface area contributed by atoms with E-state index in [0.29, 0.717) is 0 Å². The summed E-state index contributed by atoms with van der Waals surface area (Å²) >= 11 is 0. The molecule has 0 saturated carbocycles. The van der Waals surface area contributed by atoms with Crippen LogP contribution in [0.15, 0.2) is 83.8 Å². The number of hydrogen-bond acceptors (Lipinski definition) is 5. The maximum Gasteiger partial charge on any atom is 0.269 e. The van der Waals surface area contributed by atoms with Crippen molar-refractivity contribution in [3.8, 4) is 0 Å². The maximum absolute atomic E-state index is 13.3. The number of nitrogens with one attached hydrogen (secondary N) is 1. The third-order valence-corrected chi connectivity index (χ3v) is 7.02. The Labute approximate surface area is 193 Å². The van der Waals surface area contributed by atoms with Crippen LogP contribution in [0.25, 0.3) is 0 Å². The minimum atomic E-state index is -4.09. The van der Waals surface area contributed by atoms with Crippen molar-refractivity contribution in [2.45, 2.75) is 31.2 Å². The molecule has 0 aliphatic heterocycles. The fourth-order valence-electron chi connectivity index (χ4n) is 3.32. The van der Waals surface area contributed by atoms with Crippen LogP contribution in [0.4, 0.5) is 11.4 Å². The zero-order chi connectivity index (χ0) is 24.0. The molecule has 0 aliphatic carbocycles. The highest BCUT2D eigenvalue weighted by Crippen LogP contribution is 2.26. The quantitative estimate of drug-likeness (QED) is 0.374. The molecule has 3 aromatic carbocycles. The Morgan fingerprint density at radius 2 is 1.61 bits per heavy atom. The first-order chi connectivity index (χ1) is 15.7. The maximum atomic E-state index is 13.3. The summed E-state index contributed by atoms with van der Waals surface area (Å²) in [4.78, 5) is 23.3. The molecule has 3 aromatic rings. The van der Waals surface area contributed by atoms with E-state index < -0.39 is 27.4 Å². The monoisotopic (exact) mass is 467 g/mol. The molecular formula is C24H25N3O5S. The molecule has 33 heavy (non-hydrogen) atoms. The zero-order valence-corrected chi connectivity index (χ0v) is 19.2. The molecular weight excluding hydrogens is 442 g/mol. The molecule has 1 amide bonds. The van der Waals surface area contributed by atoms with Gasteiger partial charge in [-0.05, 0) is 48.7 Å². The van der Waals surface area contributed by atoms with Gasteiger partial charge in [0.2, 0.25) is 5.91 Å². The molecule has 0 bridgehead atoms. The Morgan fingerprint density at radius 1 is 1.00 bits per heavy atom. The molecule has 0 aromatic heterocycles. The third kappa shape index (κ3) is 5.75. The van der Waals surface area contributed by atoms with E-state index in [1.807, 2.05) is 31.2 Å². The van der Waals surface area contributed by atoms with Gasteiger partial charge < -0.3 is 5.32 Å². The molecule has 9 heteroatoms. The number of rotatable bonds is 9. The number of aryl methyl sites for hydroxylation is 1. The van der Waals surface area contributed by atoms with E-state index in [0.717, 1.165) is 16.3 Å². The number of nitro groups is 1. The zero-order valence-electron chi connectivity index (χ0n) is 18.3. The predicted octanol–water partition coefficient (Wildman–Crippen LogP) is 4.23. The van der Waals surface area contributed by atoms with Crippen molar-refractivity contribution in [2.24, 2.45) is 0 Å². The molecule has 0 aliphatic rings. The largest absolute Gasteiger partial charge is 0.348 e. The second kappa shape index (κ2) is 10.3. The normalized spacial score (nSPS) is 12.1. The lowest BCUT2D eigenvalue weighted by Gasteiger charge is -2.25. The summed E-state index contributed by atoms with van der Waals surface area (Å²) in [5, 5.41) is 13.8. The molecule has 1 atom stereocenters. The molecule has 0 spiro atoms. The first-order valence-corrected chi connectivity index (χ1v) is 11.9. The number of sulfonamides is 1. The van der Waals surface area contributed by atoms with Crippen LogP contribution in [0.2, 0.25) is 0 Å². The second-order valence-corrected chi connectivity index (χ2v) is 9.34. The number of benzene rings is 3. The predicted molar refractivity (Wildman–Crippen MR) is 126 cm³/mol. The lowest BCUT2D eigenvalue weighted by molar-refractivity contribution is -0.384. The molecule has 0 fully saturated rings. The number of carbonyl (C=O) groups is 1. The molecule has 8 nitrogen and oxygen atoms in total. The smallest absolute Gasteiger partial charge is 0.269 e. The molecule has 0 radical (unpaired) electrons. The second-order valence-electron chi connectivity index (χ2n) is 7.48. The van der Waals surface area contributed by atoms with E-state index in [9.17, 15) is 23.3 Å². The van der Waals surface area contributed by atoms with Crippen LogP contribution in [0.1, 0.15) is 31.0 Å². The van der Waals surface area contributed by atoms with Gasteiger partial charge in [0.25, 0.3) is 15.7 Å². The van der Waals surface area contributed by atoms with Crippen molar-refractivity contribution in [3.63, 3.8) is 0 Å². The van der Waals surface area contributed by atoms with Gasteiger partial charge in [-0.25, -0.2) is 8.42 Å². The highest BCUT2D eigenvalue weighted by molar-refractivity contribution is 7.92. The van der Waals surface area contributed by atoms with Gasteiger partial charge in [0, 0.05) is 12.1 Å². The van der Waals surface area contributed by atoms with Crippen LogP contribution in [0.5, 0.6) is 0 Å². The third-order valence-electron chi connectivity index (χ3n) is 5.23. The Hall–Kier alpha value is -3.72. The van der Waals surface area contributed by atoms with Crippen LogP contribution in [-0.2, 0) is 21.2 Å². The van der Waals surface area contributed by atoms with Gasteiger partial charge in [-0.2, -0.15) is 0 Å². The number of nitro benzene ring substituents is 1. The Morgan fingerprint density at radius 3 is 2.15 bits per heavy atom. The summed E-state index contributed by atoms with van der Waals surface area (Å²) in [7, 11) is -4.09. The lowest BCUT2D eigenvalue weighted by Crippen LogP contribution is -2.41. The Bertz CT molecular complexity index is 1210. The average Bonchev–Trinajstić information content (AvgIpc) is 2.83. The SMILES string of the molecule is CCc1ccc([C@H](C)NC(=O)CN(c2ccc([N+](=O)[O-])cc2)S(=O)(=O)c2ccccc2)cc1. The van der Waals surface area contributed by atoms with Crippen LogP contribution in [0.3, 0.4) is 0 Å². The van der Waals surface area contributed by atoms with E-state index >= 15 is 0 Å². The summed E-state index contributed by atoms with van der Waals surface area (Å²) in [6, 6.07) is 20.3. The van der Waals surface area contributed by atoms with Crippen molar-refractivity contribution in [2.75, 3.05) is 10.8 Å². The number of hydrogen-bond donors (Lipinski definition) is 1. The molecule has 1 N–H and O–H groups in total. The van der Waals surface area contributed by atoms with Gasteiger partial charge in [0.15, 0.2) is 0 Å². The van der Waals surface area contributed by atoms with Crippen molar-refractivity contribution in [3.05, 3.63) is 100 Å². The number of anilines is 1. The molecule has 3 rings (SSSR count). The summed E-state index contributed by atoms with van der Waals surface area (Å²) in [6.45, 7) is 3.40. The van der Waals surface area contributed by atoms with E-state index in [2.05, 4.69) is 12.2 Å². The molecule has 0 saturated heterocycles. The average molecular weight is 468 g/mol. The van der Waals surface area contributed by atoms with Crippen molar-refractivity contribution >= 4 is 27.3 Å². The first kappa shape index (κ1) is 23.9. The minimum Gasteiger partial charge on any atom is -0.348 e. The van der Waals surface area contributed by atoms with Gasteiger partial charge in [0.05, 0.1) is 21.5 Å². The summed E-state index contributed by atoms with van der Waals surface area (Å²) < 4.78 is 27.6. The van der Waals surface area contributed by atoms with Gasteiger partial charge in [-0.1, -0.05) is 49.4 Å². The van der Waals surface area contributed by atoms with E-state index in [1.165, 1.54) is 42.0 Å². The Kier molecular flexibility index (Phi) is 7.44. The van der Waals surface area contributed by atoms with E-state index in [1.54, 1.807) is 18.2 Å². The molecule has 0 unspecified atom stereocenters. The first-order valence-electron chi connectivity index (χ1n) is 10.4. The van der Waals surface area contributed by atoms with Crippen LogP contribution in [0, 0.1) is 10.1 Å². The van der Waals surface area contributed by atoms with Crippen molar-refractivity contribution < 1.29 is 18.1 Å². The van der Waals surface area contributed by atoms with E-state index in [4.69, 9.17) is 0 Å². The number of non-ortho nitro benzene ring substituents is 1. The van der Waals surface area contributed by atoms with Gasteiger partial charge in [-0.3, -0.25) is 19.2 Å². The number of nitrogens with zero attached hydrogens (tertiary/aromatic N) is 2. The highest BCUT2D eigenvalue weighted by atomic mass is 32.2. The van der Waals surface area contributed by atoms with Gasteiger partial charge >= 0.3 is 0 Å². The van der Waals surface area contributed by atoms with Gasteiger partial charge in [0.1, 0.15) is 6.54 Å². The van der Waals surface area contributed by atoms with Crippen molar-refractivity contribution in [1.82, 2.24) is 5.32 Å². The van der Waals surface area contributed by atoms with Crippen LogP contribution in [-0.4, -0.2) is 25.8 Å². The summed E-state index contributed by atoms with van der Waals surface area (Å²) in [5.41, 5.74) is 2.05. The fourth-order valence-corrected chi connectivity index (χ4v) is 4.76. The standard InChI is InChI=1S/C24H25N3O5S/c1-3-19-9-11-20(12-10-19)18(2)25-24(28)17-26(21-13-15-22(16-14-21)27(29)30)33(31,32)23-7-5-4-6-8-23/h4-16,18H,3,17H2,1-2H3,(H,25,28)/t18-/m0/s1.